The Balaban J connectivity index is 2.45. The van der Waals surface area contributed by atoms with Crippen molar-refractivity contribution in [3.63, 3.8) is 0 Å². The molecule has 4 nitrogen and oxygen atoms in total. The molecule has 2 rings (SSSR count). The van der Waals surface area contributed by atoms with Gasteiger partial charge in [-0.2, -0.15) is 0 Å². The Morgan fingerprint density at radius 1 is 1.45 bits per heavy atom. The lowest BCUT2D eigenvalue weighted by molar-refractivity contribution is -0.118. The first-order valence-corrected chi connectivity index (χ1v) is 9.32. The molecule has 1 aromatic carbocycles. The molecule has 0 aromatic heterocycles. The number of benzene rings is 1. The Hall–Kier alpha value is -0.590. The average molecular weight is 381 g/mol. The maximum absolute atomic E-state index is 12.4. The molecule has 0 bridgehead atoms. The molecule has 0 saturated carbocycles. The predicted octanol–water partition coefficient (Wildman–Crippen LogP) is 2.81. The van der Waals surface area contributed by atoms with Crippen molar-refractivity contribution in [3.8, 4) is 0 Å². The number of hydrogen-bond donors (Lipinski definition) is 0. The van der Waals surface area contributed by atoms with Crippen molar-refractivity contribution < 1.29 is 13.2 Å². The molecule has 1 amide bonds. The lowest BCUT2D eigenvalue weighted by Crippen LogP contribution is -2.43. The highest BCUT2D eigenvalue weighted by Gasteiger charge is 2.32. The summed E-state index contributed by atoms with van der Waals surface area (Å²) in [6.07, 6.45) is 2.72. The number of nitrogens with zero attached hydrogens (tertiary/aromatic N) is 1. The highest BCUT2D eigenvalue weighted by molar-refractivity contribution is 9.10. The molecule has 0 N–H and O–H groups in total. The van der Waals surface area contributed by atoms with Crippen LogP contribution >= 0.6 is 27.5 Å². The Kier molecular flexibility index (Phi) is 4.47. The second-order valence-electron chi connectivity index (χ2n) is 4.95. The van der Waals surface area contributed by atoms with E-state index in [1.165, 1.54) is 11.8 Å². The number of halogens is 2. The number of carbonyl (C=O) groups is 1. The van der Waals surface area contributed by atoms with E-state index in [-0.39, 0.29) is 0 Å². The molecule has 0 radical (unpaired) electrons. The van der Waals surface area contributed by atoms with Crippen molar-refractivity contribution >= 4 is 49.0 Å². The molecule has 0 saturated heterocycles. The summed E-state index contributed by atoms with van der Waals surface area (Å²) in [5, 5.41) is -0.534. The van der Waals surface area contributed by atoms with Gasteiger partial charge in [0.2, 0.25) is 5.91 Å². The molecule has 7 heteroatoms. The molecule has 1 atom stereocenters. The van der Waals surface area contributed by atoms with Crippen LogP contribution < -0.4 is 4.90 Å². The van der Waals surface area contributed by atoms with Gasteiger partial charge in [-0.15, -0.1) is 0 Å². The van der Waals surface area contributed by atoms with E-state index in [0.29, 0.717) is 17.3 Å². The Labute approximate surface area is 132 Å². The summed E-state index contributed by atoms with van der Waals surface area (Å²) in [6, 6.07) is 3.50. The number of anilines is 1. The van der Waals surface area contributed by atoms with E-state index in [4.69, 9.17) is 11.6 Å². The number of rotatable bonds is 2. The minimum absolute atomic E-state index is 0.400. The summed E-state index contributed by atoms with van der Waals surface area (Å²) in [7, 11) is -3.41. The van der Waals surface area contributed by atoms with E-state index in [1.807, 2.05) is 0 Å². The summed E-state index contributed by atoms with van der Waals surface area (Å²) < 4.78 is 24.0. The van der Waals surface area contributed by atoms with Crippen LogP contribution in [0, 0.1) is 0 Å². The lowest BCUT2D eigenvalue weighted by Gasteiger charge is -2.32. The summed E-state index contributed by atoms with van der Waals surface area (Å²) in [5.74, 6) is -0.400. The first kappa shape index (κ1) is 15.8. The van der Waals surface area contributed by atoms with E-state index in [2.05, 4.69) is 15.9 Å². The number of fused-ring (bicyclic) bond motifs is 1. The van der Waals surface area contributed by atoms with Gasteiger partial charge in [0.1, 0.15) is 5.25 Å². The Morgan fingerprint density at radius 3 is 2.70 bits per heavy atom. The van der Waals surface area contributed by atoms with E-state index in [9.17, 15) is 13.2 Å². The van der Waals surface area contributed by atoms with Crippen molar-refractivity contribution in [1.29, 1.82) is 0 Å². The van der Waals surface area contributed by atoms with Crippen molar-refractivity contribution in [2.45, 2.75) is 25.0 Å². The minimum atomic E-state index is -3.41. The molecule has 1 aliphatic rings. The SMILES string of the molecule is CC(C(=O)N1CCCc2c(Br)cc(Cl)cc21)S(C)(=O)=O. The highest BCUT2D eigenvalue weighted by atomic mass is 79.9. The third kappa shape index (κ3) is 3.02. The fourth-order valence-corrected chi connectivity index (χ4v) is 3.73. The first-order chi connectivity index (χ1) is 9.21. The molecule has 1 unspecified atom stereocenters. The minimum Gasteiger partial charge on any atom is -0.311 e. The maximum Gasteiger partial charge on any atom is 0.245 e. The van der Waals surface area contributed by atoms with Gasteiger partial charge in [-0.05, 0) is 37.5 Å². The second kappa shape index (κ2) is 5.66. The van der Waals surface area contributed by atoms with Gasteiger partial charge in [-0.1, -0.05) is 27.5 Å². The van der Waals surface area contributed by atoms with Gasteiger partial charge in [-0.25, -0.2) is 8.42 Å². The van der Waals surface area contributed by atoms with Gasteiger partial charge in [0, 0.05) is 28.0 Å². The van der Waals surface area contributed by atoms with Crippen LogP contribution in [0.4, 0.5) is 5.69 Å². The number of carbonyl (C=O) groups excluding carboxylic acids is 1. The summed E-state index contributed by atoms with van der Waals surface area (Å²) in [4.78, 5) is 13.9. The van der Waals surface area contributed by atoms with Gasteiger partial charge in [0.05, 0.1) is 0 Å². The third-order valence-electron chi connectivity index (χ3n) is 3.49. The van der Waals surface area contributed by atoms with E-state index in [0.717, 1.165) is 29.1 Å². The molecule has 1 aromatic rings. The zero-order chi connectivity index (χ0) is 15.1. The number of hydrogen-bond acceptors (Lipinski definition) is 3. The van der Waals surface area contributed by atoms with Crippen LogP contribution in [0.2, 0.25) is 5.02 Å². The van der Waals surface area contributed by atoms with Crippen LogP contribution in [0.15, 0.2) is 16.6 Å². The van der Waals surface area contributed by atoms with Crippen molar-refractivity contribution in [3.05, 3.63) is 27.2 Å². The zero-order valence-electron chi connectivity index (χ0n) is 11.2. The molecular weight excluding hydrogens is 366 g/mol. The maximum atomic E-state index is 12.4. The molecule has 0 spiro atoms. The standard InChI is InChI=1S/C13H15BrClNO3S/c1-8(20(2,18)19)13(17)16-5-3-4-10-11(14)6-9(15)7-12(10)16/h6-8H,3-5H2,1-2H3. The van der Waals surface area contributed by atoms with Gasteiger partial charge in [0.15, 0.2) is 9.84 Å². The predicted molar refractivity (Wildman–Crippen MR) is 84.1 cm³/mol. The largest absolute Gasteiger partial charge is 0.311 e. The monoisotopic (exact) mass is 379 g/mol. The van der Waals surface area contributed by atoms with Gasteiger partial charge < -0.3 is 4.90 Å². The smallest absolute Gasteiger partial charge is 0.245 e. The second-order valence-corrected chi connectivity index (χ2v) is 8.61. The van der Waals surface area contributed by atoms with E-state index in [1.54, 1.807) is 12.1 Å². The average Bonchev–Trinajstić information content (AvgIpc) is 2.35. The molecular formula is C13H15BrClNO3S. The van der Waals surface area contributed by atoms with Gasteiger partial charge in [0.25, 0.3) is 0 Å². The van der Waals surface area contributed by atoms with E-state index < -0.39 is 21.0 Å². The van der Waals surface area contributed by atoms with Crippen LogP contribution in [0.3, 0.4) is 0 Å². The number of sulfone groups is 1. The van der Waals surface area contributed by atoms with Crippen LogP contribution in [0.25, 0.3) is 0 Å². The third-order valence-corrected chi connectivity index (χ3v) is 5.90. The molecule has 0 aliphatic carbocycles. The fourth-order valence-electron chi connectivity index (χ4n) is 2.24. The van der Waals surface area contributed by atoms with Crippen LogP contribution in [0.5, 0.6) is 0 Å². The Morgan fingerprint density at radius 2 is 2.10 bits per heavy atom. The van der Waals surface area contributed by atoms with Crippen molar-refractivity contribution in [2.24, 2.45) is 0 Å². The van der Waals surface area contributed by atoms with Crippen LogP contribution in [0.1, 0.15) is 18.9 Å². The molecule has 0 fully saturated rings. The zero-order valence-corrected chi connectivity index (χ0v) is 14.3. The highest BCUT2D eigenvalue weighted by Crippen LogP contribution is 2.36. The topological polar surface area (TPSA) is 54.5 Å². The van der Waals surface area contributed by atoms with E-state index >= 15 is 0 Å². The first-order valence-electron chi connectivity index (χ1n) is 6.20. The van der Waals surface area contributed by atoms with Crippen molar-refractivity contribution in [2.75, 3.05) is 17.7 Å². The van der Waals surface area contributed by atoms with Crippen LogP contribution in [-0.2, 0) is 21.1 Å². The fraction of sp³-hybridized carbons (Fsp3) is 0.462. The molecule has 1 aliphatic heterocycles. The lowest BCUT2D eigenvalue weighted by atomic mass is 10.0. The number of amides is 1. The quantitative estimate of drug-likeness (QED) is 0.793. The molecule has 20 heavy (non-hydrogen) atoms. The molecule has 1 heterocycles. The van der Waals surface area contributed by atoms with Gasteiger partial charge >= 0.3 is 0 Å². The van der Waals surface area contributed by atoms with Crippen LogP contribution in [-0.4, -0.2) is 32.4 Å². The normalized spacial score (nSPS) is 16.7. The summed E-state index contributed by atoms with van der Waals surface area (Å²) in [6.45, 7) is 1.93. The summed E-state index contributed by atoms with van der Waals surface area (Å²) >= 11 is 9.48. The van der Waals surface area contributed by atoms with Crippen molar-refractivity contribution in [1.82, 2.24) is 0 Å². The van der Waals surface area contributed by atoms with Gasteiger partial charge in [-0.3, -0.25) is 4.79 Å². The Bertz CT molecular complexity index is 660. The summed E-state index contributed by atoms with van der Waals surface area (Å²) in [5.41, 5.74) is 1.70. The molecule has 110 valence electrons.